The molecule has 2 aromatic rings. The molecule has 2 amide bonds. The molecule has 2 aromatic carbocycles. The Morgan fingerprint density at radius 3 is 2.18 bits per heavy atom. The molecule has 0 aliphatic carbocycles. The van der Waals surface area contributed by atoms with Crippen molar-refractivity contribution in [3.63, 3.8) is 0 Å². The van der Waals surface area contributed by atoms with Crippen LogP contribution in [0, 0.1) is 0 Å². The van der Waals surface area contributed by atoms with Crippen LogP contribution in [0.4, 0.5) is 0 Å². The van der Waals surface area contributed by atoms with E-state index in [4.69, 9.17) is 21.1 Å². The van der Waals surface area contributed by atoms with E-state index < -0.39 is 0 Å². The Balaban J connectivity index is 1.64. The molecule has 1 N–H and O–H groups in total. The highest BCUT2D eigenvalue weighted by Crippen LogP contribution is 2.30. The molecule has 0 atom stereocenters. The number of carbonyl (C=O) groups excluding carboxylic acids is 2. The van der Waals surface area contributed by atoms with Gasteiger partial charge in [-0.15, -0.1) is 0 Å². The first-order chi connectivity index (χ1) is 13.5. The van der Waals surface area contributed by atoms with Gasteiger partial charge in [0, 0.05) is 19.1 Å². The van der Waals surface area contributed by atoms with Gasteiger partial charge in [-0.1, -0.05) is 29.8 Å². The number of nitrogens with zero attached hydrogens (tertiary/aromatic N) is 1. The molecule has 28 heavy (non-hydrogen) atoms. The summed E-state index contributed by atoms with van der Waals surface area (Å²) in [5.74, 6) is 0.643. The van der Waals surface area contributed by atoms with Crippen LogP contribution in [0.5, 0.6) is 11.5 Å². The smallest absolute Gasteiger partial charge is 0.261 e. The third-order valence-electron chi connectivity index (χ3n) is 4.88. The Morgan fingerprint density at radius 2 is 1.61 bits per heavy atom. The number of ether oxygens (including phenoxy) is 2. The quantitative estimate of drug-likeness (QED) is 0.832. The zero-order valence-corrected chi connectivity index (χ0v) is 16.7. The minimum atomic E-state index is -0.193. The molecule has 1 saturated heterocycles. The highest BCUT2D eigenvalue weighted by molar-refractivity contribution is 6.33. The molecule has 1 aliphatic rings. The van der Waals surface area contributed by atoms with E-state index in [1.54, 1.807) is 47.4 Å². The van der Waals surface area contributed by atoms with E-state index in [9.17, 15) is 9.59 Å². The fraction of sp³-hybridized carbons (Fsp3) is 0.333. The van der Waals surface area contributed by atoms with Crippen molar-refractivity contribution >= 4 is 23.4 Å². The summed E-state index contributed by atoms with van der Waals surface area (Å²) >= 11 is 6.09. The van der Waals surface area contributed by atoms with Crippen molar-refractivity contribution in [3.05, 3.63) is 58.6 Å². The lowest BCUT2D eigenvalue weighted by Gasteiger charge is -2.33. The van der Waals surface area contributed by atoms with Gasteiger partial charge in [-0.25, -0.2) is 0 Å². The summed E-state index contributed by atoms with van der Waals surface area (Å²) in [6, 6.07) is 12.2. The molecule has 1 heterocycles. The van der Waals surface area contributed by atoms with E-state index in [-0.39, 0.29) is 17.9 Å². The predicted octanol–water partition coefficient (Wildman–Crippen LogP) is 3.39. The zero-order valence-electron chi connectivity index (χ0n) is 15.9. The first-order valence-electron chi connectivity index (χ1n) is 9.10. The van der Waals surface area contributed by atoms with E-state index in [2.05, 4.69) is 5.32 Å². The summed E-state index contributed by atoms with van der Waals surface area (Å²) < 4.78 is 10.7. The van der Waals surface area contributed by atoms with Crippen molar-refractivity contribution in [2.75, 3.05) is 27.3 Å². The summed E-state index contributed by atoms with van der Waals surface area (Å²) in [6.07, 6.45) is 1.33. The summed E-state index contributed by atoms with van der Waals surface area (Å²) in [4.78, 5) is 27.2. The van der Waals surface area contributed by atoms with Gasteiger partial charge in [0.1, 0.15) is 17.1 Å². The van der Waals surface area contributed by atoms with Crippen molar-refractivity contribution in [1.82, 2.24) is 10.2 Å². The molecular weight excluding hydrogens is 380 g/mol. The maximum absolute atomic E-state index is 13.0. The number of hydrogen-bond acceptors (Lipinski definition) is 4. The van der Waals surface area contributed by atoms with Gasteiger partial charge in [-0.2, -0.15) is 0 Å². The molecule has 3 rings (SSSR count). The largest absolute Gasteiger partial charge is 0.496 e. The molecule has 1 fully saturated rings. The Labute approximate surface area is 169 Å². The lowest BCUT2D eigenvalue weighted by molar-refractivity contribution is 0.0691. The number of hydrogen-bond donors (Lipinski definition) is 1. The fourth-order valence-corrected chi connectivity index (χ4v) is 3.58. The number of halogens is 1. The number of carbonyl (C=O) groups is 2. The maximum Gasteiger partial charge on any atom is 0.261 e. The highest BCUT2D eigenvalue weighted by atomic mass is 35.5. The third kappa shape index (κ3) is 4.22. The van der Waals surface area contributed by atoms with Crippen LogP contribution in [-0.4, -0.2) is 50.1 Å². The molecule has 6 nitrogen and oxygen atoms in total. The number of likely N-dealkylation sites (tertiary alicyclic amines) is 1. The monoisotopic (exact) mass is 402 g/mol. The molecule has 0 radical (unpaired) electrons. The van der Waals surface area contributed by atoms with Crippen LogP contribution in [0.1, 0.15) is 33.6 Å². The maximum atomic E-state index is 13.0. The van der Waals surface area contributed by atoms with Gasteiger partial charge in [0.25, 0.3) is 11.8 Å². The Kier molecular flexibility index (Phi) is 6.41. The lowest BCUT2D eigenvalue weighted by Crippen LogP contribution is -2.46. The minimum absolute atomic E-state index is 0.00705. The zero-order chi connectivity index (χ0) is 20.1. The second kappa shape index (κ2) is 8.97. The number of rotatable bonds is 5. The van der Waals surface area contributed by atoms with Crippen LogP contribution < -0.4 is 14.8 Å². The standard InChI is InChI=1S/C21H23ClN2O4/c1-27-17-8-5-9-18(28-2)19(17)21(26)24-12-10-14(11-13-24)23-20(25)15-6-3-4-7-16(15)22/h3-9,14H,10-13H2,1-2H3,(H,23,25). The topological polar surface area (TPSA) is 67.9 Å². The number of methoxy groups -OCH3 is 2. The fourth-order valence-electron chi connectivity index (χ4n) is 3.36. The minimum Gasteiger partial charge on any atom is -0.496 e. The van der Waals surface area contributed by atoms with E-state index in [1.807, 2.05) is 0 Å². The van der Waals surface area contributed by atoms with E-state index in [0.29, 0.717) is 53.6 Å². The van der Waals surface area contributed by atoms with Gasteiger partial charge >= 0.3 is 0 Å². The summed E-state index contributed by atoms with van der Waals surface area (Å²) in [5.41, 5.74) is 0.882. The van der Waals surface area contributed by atoms with Gasteiger partial charge in [-0.3, -0.25) is 9.59 Å². The van der Waals surface area contributed by atoms with Gasteiger partial charge in [0.15, 0.2) is 0 Å². The van der Waals surface area contributed by atoms with Crippen LogP contribution >= 0.6 is 11.6 Å². The number of nitrogens with one attached hydrogen (secondary N) is 1. The second-order valence-corrected chi connectivity index (χ2v) is 6.96. The average molecular weight is 403 g/mol. The van der Waals surface area contributed by atoms with Crippen molar-refractivity contribution in [2.24, 2.45) is 0 Å². The van der Waals surface area contributed by atoms with Crippen molar-refractivity contribution < 1.29 is 19.1 Å². The van der Waals surface area contributed by atoms with Crippen molar-refractivity contribution in [2.45, 2.75) is 18.9 Å². The van der Waals surface area contributed by atoms with E-state index >= 15 is 0 Å². The number of benzene rings is 2. The second-order valence-electron chi connectivity index (χ2n) is 6.56. The molecule has 7 heteroatoms. The molecule has 0 saturated carbocycles. The summed E-state index contributed by atoms with van der Waals surface area (Å²) in [6.45, 7) is 1.07. The van der Waals surface area contributed by atoms with Crippen molar-refractivity contribution in [3.8, 4) is 11.5 Å². The summed E-state index contributed by atoms with van der Waals surface area (Å²) in [5, 5.41) is 3.44. The van der Waals surface area contributed by atoms with Crippen LogP contribution in [0.15, 0.2) is 42.5 Å². The molecule has 0 aromatic heterocycles. The van der Waals surface area contributed by atoms with Gasteiger partial charge in [-0.05, 0) is 37.1 Å². The lowest BCUT2D eigenvalue weighted by atomic mass is 10.0. The van der Waals surface area contributed by atoms with Crippen LogP contribution in [0.3, 0.4) is 0 Å². The predicted molar refractivity (Wildman–Crippen MR) is 107 cm³/mol. The molecular formula is C21H23ClN2O4. The molecule has 0 unspecified atom stereocenters. The van der Waals surface area contributed by atoms with E-state index in [0.717, 1.165) is 0 Å². The number of piperidine rings is 1. The van der Waals surface area contributed by atoms with Gasteiger partial charge in [0.05, 0.1) is 24.8 Å². The van der Waals surface area contributed by atoms with E-state index in [1.165, 1.54) is 14.2 Å². The van der Waals surface area contributed by atoms with Crippen molar-refractivity contribution in [1.29, 1.82) is 0 Å². The normalized spacial score (nSPS) is 14.5. The Hall–Kier alpha value is -2.73. The van der Waals surface area contributed by atoms with Gasteiger partial charge < -0.3 is 19.7 Å². The first kappa shape index (κ1) is 20.0. The summed E-state index contributed by atoms with van der Waals surface area (Å²) in [7, 11) is 3.06. The average Bonchev–Trinajstić information content (AvgIpc) is 2.73. The van der Waals surface area contributed by atoms with Crippen LogP contribution in [-0.2, 0) is 0 Å². The Morgan fingerprint density at radius 1 is 1.00 bits per heavy atom. The number of amides is 2. The molecule has 0 spiro atoms. The Bertz CT molecular complexity index is 841. The van der Waals surface area contributed by atoms with Crippen LogP contribution in [0.2, 0.25) is 5.02 Å². The molecule has 148 valence electrons. The first-order valence-corrected chi connectivity index (χ1v) is 9.48. The highest BCUT2D eigenvalue weighted by Gasteiger charge is 2.28. The molecule has 1 aliphatic heterocycles. The van der Waals surface area contributed by atoms with Gasteiger partial charge in [0.2, 0.25) is 0 Å². The van der Waals surface area contributed by atoms with Crippen LogP contribution in [0.25, 0.3) is 0 Å². The third-order valence-corrected chi connectivity index (χ3v) is 5.21. The SMILES string of the molecule is COc1cccc(OC)c1C(=O)N1CCC(NC(=O)c2ccccc2Cl)CC1. The molecule has 0 bridgehead atoms.